The summed E-state index contributed by atoms with van der Waals surface area (Å²) in [4.78, 5) is 34.5. The van der Waals surface area contributed by atoms with Gasteiger partial charge in [0.2, 0.25) is 4.96 Å². The van der Waals surface area contributed by atoms with Gasteiger partial charge in [-0.2, -0.15) is 9.61 Å². The Hall–Kier alpha value is -3.47. The molecule has 1 saturated heterocycles. The minimum atomic E-state index is -0.209. The molecule has 0 aliphatic carbocycles. The van der Waals surface area contributed by atoms with Crippen LogP contribution >= 0.6 is 22.9 Å². The van der Waals surface area contributed by atoms with Crippen LogP contribution in [0.5, 0.6) is 5.75 Å². The van der Waals surface area contributed by atoms with Crippen molar-refractivity contribution < 1.29 is 9.53 Å². The number of rotatable bonds is 5. The molecule has 0 bridgehead atoms. The van der Waals surface area contributed by atoms with Crippen LogP contribution in [-0.4, -0.2) is 63.7 Å². The van der Waals surface area contributed by atoms with E-state index in [0.29, 0.717) is 53.4 Å². The number of fused-ring (bicyclic) bond motifs is 1. The average molecular weight is 511 g/mol. The third-order valence-corrected chi connectivity index (χ3v) is 6.99. The monoisotopic (exact) mass is 510 g/mol. The van der Waals surface area contributed by atoms with Gasteiger partial charge in [0.15, 0.2) is 0 Å². The van der Waals surface area contributed by atoms with Crippen LogP contribution in [0.25, 0.3) is 15.5 Å². The number of urea groups is 1. The molecule has 0 spiro atoms. The van der Waals surface area contributed by atoms with Gasteiger partial charge in [-0.15, -0.1) is 0 Å². The zero-order valence-corrected chi connectivity index (χ0v) is 20.6. The van der Waals surface area contributed by atoms with Gasteiger partial charge >= 0.3 is 6.03 Å². The number of carbonyl (C=O) groups is 1. The van der Waals surface area contributed by atoms with Gasteiger partial charge in [0.25, 0.3) is 5.56 Å². The Labute approximate surface area is 210 Å². The minimum Gasteiger partial charge on any atom is -0.497 e. The molecule has 3 heterocycles. The van der Waals surface area contributed by atoms with E-state index in [1.807, 2.05) is 36.4 Å². The first kappa shape index (κ1) is 23.3. The molecule has 11 heteroatoms. The maximum Gasteiger partial charge on any atom is 0.321 e. The van der Waals surface area contributed by atoms with Crippen LogP contribution in [0, 0.1) is 0 Å². The number of nitrogens with one attached hydrogen (secondary N) is 1. The molecule has 0 atom stereocenters. The van der Waals surface area contributed by atoms with E-state index in [4.69, 9.17) is 16.3 Å². The van der Waals surface area contributed by atoms with Crippen molar-refractivity contribution in [1.82, 2.24) is 24.4 Å². The molecular formula is C24H23ClN6O3S. The van der Waals surface area contributed by atoms with Gasteiger partial charge in [0.1, 0.15) is 10.8 Å². The van der Waals surface area contributed by atoms with Crippen LogP contribution in [0.15, 0.2) is 59.4 Å². The summed E-state index contributed by atoms with van der Waals surface area (Å²) in [7, 11) is 1.60. The van der Waals surface area contributed by atoms with E-state index in [0.717, 1.165) is 17.0 Å². The number of nitrogens with zero attached hydrogens (tertiary/aromatic N) is 5. The summed E-state index contributed by atoms with van der Waals surface area (Å²) < 4.78 is 6.48. The van der Waals surface area contributed by atoms with Gasteiger partial charge in [-0.3, -0.25) is 9.69 Å². The zero-order chi connectivity index (χ0) is 24.4. The molecular weight excluding hydrogens is 488 g/mol. The fraction of sp³-hybridized carbons (Fsp3) is 0.250. The first-order chi connectivity index (χ1) is 17.0. The van der Waals surface area contributed by atoms with Crippen LogP contribution in [0.3, 0.4) is 0 Å². The number of piperazine rings is 1. The first-order valence-corrected chi connectivity index (χ1v) is 12.3. The molecule has 1 aliphatic rings. The SMILES string of the molecule is COc1ccc(NC(=O)N2CCN(Cc3cc(=O)n4nc(-c5ccc(Cl)cc5)sc4n3)CC2)cc1. The van der Waals surface area contributed by atoms with E-state index >= 15 is 0 Å². The Morgan fingerprint density at radius 3 is 2.49 bits per heavy atom. The molecule has 180 valence electrons. The molecule has 0 saturated carbocycles. The summed E-state index contributed by atoms with van der Waals surface area (Å²) in [6.07, 6.45) is 0. The Bertz CT molecular complexity index is 1400. The highest BCUT2D eigenvalue weighted by Crippen LogP contribution is 2.25. The molecule has 1 aliphatic heterocycles. The largest absolute Gasteiger partial charge is 0.497 e. The summed E-state index contributed by atoms with van der Waals surface area (Å²) in [5, 5.41) is 8.69. The van der Waals surface area contributed by atoms with Gasteiger partial charge in [-0.25, -0.2) is 9.78 Å². The summed E-state index contributed by atoms with van der Waals surface area (Å²) >= 11 is 7.33. The molecule has 35 heavy (non-hydrogen) atoms. The zero-order valence-electron chi connectivity index (χ0n) is 19.0. The van der Waals surface area contributed by atoms with E-state index in [9.17, 15) is 9.59 Å². The van der Waals surface area contributed by atoms with Crippen LogP contribution in [0.2, 0.25) is 5.02 Å². The average Bonchev–Trinajstić information content (AvgIpc) is 3.30. The maximum atomic E-state index is 12.7. The van der Waals surface area contributed by atoms with Gasteiger partial charge in [0.05, 0.1) is 12.8 Å². The Morgan fingerprint density at radius 1 is 1.09 bits per heavy atom. The van der Waals surface area contributed by atoms with E-state index in [1.165, 1.54) is 21.9 Å². The Morgan fingerprint density at radius 2 is 1.80 bits per heavy atom. The highest BCUT2D eigenvalue weighted by Gasteiger charge is 2.22. The summed E-state index contributed by atoms with van der Waals surface area (Å²) in [6.45, 7) is 3.09. The second kappa shape index (κ2) is 10.0. The molecule has 0 radical (unpaired) electrons. The molecule has 2 aromatic heterocycles. The van der Waals surface area contributed by atoms with Crippen molar-refractivity contribution in [2.24, 2.45) is 0 Å². The first-order valence-electron chi connectivity index (χ1n) is 11.1. The number of benzene rings is 2. The van der Waals surface area contributed by atoms with Crippen molar-refractivity contribution in [3.8, 4) is 16.3 Å². The van der Waals surface area contributed by atoms with Crippen molar-refractivity contribution in [2.75, 3.05) is 38.6 Å². The van der Waals surface area contributed by atoms with E-state index in [1.54, 1.807) is 24.1 Å². The molecule has 0 unspecified atom stereocenters. The Kier molecular flexibility index (Phi) is 6.67. The highest BCUT2D eigenvalue weighted by atomic mass is 35.5. The molecule has 1 fully saturated rings. The second-order valence-electron chi connectivity index (χ2n) is 8.12. The van der Waals surface area contributed by atoms with Crippen LogP contribution < -0.4 is 15.6 Å². The molecule has 4 aromatic rings. The van der Waals surface area contributed by atoms with Crippen molar-refractivity contribution in [2.45, 2.75) is 6.54 Å². The van der Waals surface area contributed by atoms with Crippen LogP contribution in [-0.2, 0) is 6.54 Å². The lowest BCUT2D eigenvalue weighted by molar-refractivity contribution is 0.142. The number of halogens is 1. The number of methoxy groups -OCH3 is 1. The number of anilines is 1. The van der Waals surface area contributed by atoms with Crippen LogP contribution in [0.1, 0.15) is 5.69 Å². The Balaban J connectivity index is 1.21. The quantitative estimate of drug-likeness (QED) is 0.438. The van der Waals surface area contributed by atoms with Crippen molar-refractivity contribution >= 4 is 39.6 Å². The number of aromatic nitrogens is 3. The molecule has 2 amide bonds. The van der Waals surface area contributed by atoms with Gasteiger partial charge < -0.3 is 15.0 Å². The van der Waals surface area contributed by atoms with Crippen molar-refractivity contribution in [3.05, 3.63) is 75.7 Å². The lowest BCUT2D eigenvalue weighted by atomic mass is 10.2. The van der Waals surface area contributed by atoms with Crippen molar-refractivity contribution in [3.63, 3.8) is 0 Å². The lowest BCUT2D eigenvalue weighted by Gasteiger charge is -2.34. The molecule has 1 N–H and O–H groups in total. The third-order valence-electron chi connectivity index (χ3n) is 5.78. The summed E-state index contributed by atoms with van der Waals surface area (Å²) in [6, 6.07) is 16.0. The van der Waals surface area contributed by atoms with E-state index < -0.39 is 0 Å². The van der Waals surface area contributed by atoms with Crippen LogP contribution in [0.4, 0.5) is 10.5 Å². The normalized spacial score (nSPS) is 14.3. The van der Waals surface area contributed by atoms with E-state index in [2.05, 4.69) is 20.3 Å². The highest BCUT2D eigenvalue weighted by molar-refractivity contribution is 7.19. The fourth-order valence-electron chi connectivity index (χ4n) is 3.86. The predicted molar refractivity (Wildman–Crippen MR) is 136 cm³/mol. The number of hydrogen-bond acceptors (Lipinski definition) is 7. The summed E-state index contributed by atoms with van der Waals surface area (Å²) in [5.41, 5.74) is 2.09. The smallest absolute Gasteiger partial charge is 0.321 e. The van der Waals surface area contributed by atoms with Crippen molar-refractivity contribution in [1.29, 1.82) is 0 Å². The number of carbonyl (C=O) groups excluding carboxylic acids is 1. The minimum absolute atomic E-state index is 0.132. The number of ether oxygens (including phenoxy) is 1. The number of amides is 2. The molecule has 9 nitrogen and oxygen atoms in total. The maximum absolute atomic E-state index is 12.7. The second-order valence-corrected chi connectivity index (χ2v) is 9.51. The molecule has 5 rings (SSSR count). The van der Waals surface area contributed by atoms with Gasteiger partial charge in [-0.1, -0.05) is 35.1 Å². The molecule has 2 aromatic carbocycles. The van der Waals surface area contributed by atoms with E-state index in [-0.39, 0.29) is 11.6 Å². The summed E-state index contributed by atoms with van der Waals surface area (Å²) in [5.74, 6) is 0.739. The topological polar surface area (TPSA) is 92.1 Å². The lowest BCUT2D eigenvalue weighted by Crippen LogP contribution is -2.49. The fourth-order valence-corrected chi connectivity index (χ4v) is 4.92. The van der Waals surface area contributed by atoms with Gasteiger partial charge in [0, 0.05) is 55.1 Å². The third kappa shape index (κ3) is 5.29. The standard InChI is InChI=1S/C24H23ClN6O3S/c1-34-20-8-6-18(7-9-20)26-23(33)30-12-10-29(11-13-30)15-19-14-21(32)31-24(27-19)35-22(28-31)16-2-4-17(25)5-3-16/h2-9,14H,10-13,15H2,1H3,(H,26,33). The van der Waals surface area contributed by atoms with Gasteiger partial charge in [-0.05, 0) is 36.4 Å². The predicted octanol–water partition coefficient (Wildman–Crippen LogP) is 3.83. The number of hydrogen-bond donors (Lipinski definition) is 1.